The molecule has 0 unspecified atom stereocenters. The van der Waals surface area contributed by atoms with E-state index in [1.54, 1.807) is 0 Å². The summed E-state index contributed by atoms with van der Waals surface area (Å²) in [5.41, 5.74) is 10.9. The van der Waals surface area contributed by atoms with Crippen molar-refractivity contribution < 1.29 is 4.79 Å². The zero-order valence-electron chi connectivity index (χ0n) is 16.8. The predicted octanol–water partition coefficient (Wildman–Crippen LogP) is 6.57. The molecule has 158 valence electrons. The Labute approximate surface area is 193 Å². The minimum absolute atomic E-state index is 0.257. The molecule has 3 aromatic heterocycles. The van der Waals surface area contributed by atoms with E-state index in [2.05, 4.69) is 16.4 Å². The number of thiophene rings is 1. The quantitative estimate of drug-likeness (QED) is 0.356. The van der Waals surface area contributed by atoms with Crippen molar-refractivity contribution in [2.45, 2.75) is 38.5 Å². The van der Waals surface area contributed by atoms with Crippen molar-refractivity contribution in [3.05, 3.63) is 56.9 Å². The molecule has 0 atom stereocenters. The van der Waals surface area contributed by atoms with Crippen LogP contribution in [0.5, 0.6) is 0 Å². The molecule has 1 aliphatic carbocycles. The molecule has 0 spiro atoms. The highest BCUT2D eigenvalue weighted by atomic mass is 35.5. The van der Waals surface area contributed by atoms with Crippen LogP contribution in [-0.4, -0.2) is 15.9 Å². The van der Waals surface area contributed by atoms with E-state index in [-0.39, 0.29) is 5.91 Å². The Balaban J connectivity index is 1.42. The molecule has 0 saturated heterocycles. The number of nitrogens with two attached hydrogens (primary N) is 1. The van der Waals surface area contributed by atoms with Gasteiger partial charge in [0.2, 0.25) is 0 Å². The Kier molecular flexibility index (Phi) is 5.65. The molecule has 5 rings (SSSR count). The third-order valence-corrected chi connectivity index (χ3v) is 7.78. The van der Waals surface area contributed by atoms with Gasteiger partial charge in [0, 0.05) is 27.0 Å². The van der Waals surface area contributed by atoms with Gasteiger partial charge < -0.3 is 5.73 Å². The summed E-state index contributed by atoms with van der Waals surface area (Å²) in [5, 5.41) is 6.79. The van der Waals surface area contributed by atoms with Crippen molar-refractivity contribution in [2.24, 2.45) is 0 Å². The van der Waals surface area contributed by atoms with Gasteiger partial charge in [-0.05, 0) is 43.4 Å². The number of aryl methyl sites for hydroxylation is 2. The molecule has 0 bridgehead atoms. The molecule has 5 nitrogen and oxygen atoms in total. The first-order valence-electron chi connectivity index (χ1n) is 10.3. The number of rotatable bonds is 3. The normalized spacial score (nSPS) is 14.1. The molecule has 0 fully saturated rings. The lowest BCUT2D eigenvalue weighted by atomic mass is 9.96. The monoisotopic (exact) mass is 468 g/mol. The van der Waals surface area contributed by atoms with Crippen LogP contribution < -0.4 is 11.1 Å². The van der Waals surface area contributed by atoms with Crippen molar-refractivity contribution in [3.8, 4) is 11.3 Å². The third-order valence-electron chi connectivity index (χ3n) is 5.58. The zero-order chi connectivity index (χ0) is 21.4. The number of hydrogen-bond donors (Lipinski definition) is 2. The second kappa shape index (κ2) is 8.57. The van der Waals surface area contributed by atoms with Crippen LogP contribution in [0.15, 0.2) is 35.7 Å². The number of carbonyl (C=O) groups is 1. The number of aromatic nitrogens is 2. The van der Waals surface area contributed by atoms with Gasteiger partial charge in [-0.3, -0.25) is 10.1 Å². The smallest absolute Gasteiger partial charge is 0.269 e. The van der Waals surface area contributed by atoms with Crippen molar-refractivity contribution in [1.29, 1.82) is 0 Å². The Morgan fingerprint density at radius 3 is 2.74 bits per heavy atom. The van der Waals surface area contributed by atoms with Crippen molar-refractivity contribution >= 4 is 61.2 Å². The maximum Gasteiger partial charge on any atom is 0.269 e. The van der Waals surface area contributed by atoms with Gasteiger partial charge in [-0.1, -0.05) is 42.6 Å². The van der Waals surface area contributed by atoms with Gasteiger partial charge in [-0.25, -0.2) is 9.97 Å². The first kappa shape index (κ1) is 20.4. The SMILES string of the molecule is Nc1c(C(=O)Nc2nc(-c3ccccc3Cl)cs2)sc2nc3c(cc12)CCCCCC3. The first-order valence-corrected chi connectivity index (χ1v) is 12.4. The van der Waals surface area contributed by atoms with Crippen LogP contribution in [-0.2, 0) is 12.8 Å². The number of carbonyl (C=O) groups excluding carboxylic acids is 1. The van der Waals surface area contributed by atoms with Gasteiger partial charge in [-0.2, -0.15) is 0 Å². The van der Waals surface area contributed by atoms with E-state index >= 15 is 0 Å². The van der Waals surface area contributed by atoms with Gasteiger partial charge in [0.1, 0.15) is 9.71 Å². The summed E-state index contributed by atoms with van der Waals surface area (Å²) < 4.78 is 0. The highest BCUT2D eigenvalue weighted by Gasteiger charge is 2.21. The number of nitrogens with one attached hydrogen (secondary N) is 1. The second-order valence-electron chi connectivity index (χ2n) is 7.68. The molecule has 4 aromatic rings. The first-order chi connectivity index (χ1) is 15.1. The van der Waals surface area contributed by atoms with Crippen LogP contribution in [0.4, 0.5) is 10.8 Å². The number of hydrogen-bond acceptors (Lipinski definition) is 6. The third kappa shape index (κ3) is 4.05. The van der Waals surface area contributed by atoms with Crippen LogP contribution in [0, 0.1) is 0 Å². The lowest BCUT2D eigenvalue weighted by molar-refractivity contribution is 0.103. The minimum Gasteiger partial charge on any atom is -0.397 e. The Morgan fingerprint density at radius 2 is 1.90 bits per heavy atom. The zero-order valence-corrected chi connectivity index (χ0v) is 19.2. The van der Waals surface area contributed by atoms with Crippen molar-refractivity contribution in [2.75, 3.05) is 11.1 Å². The van der Waals surface area contributed by atoms with E-state index in [1.165, 1.54) is 47.5 Å². The molecule has 31 heavy (non-hydrogen) atoms. The number of nitrogens with zero attached hydrogens (tertiary/aromatic N) is 2. The molecule has 0 radical (unpaired) electrons. The summed E-state index contributed by atoms with van der Waals surface area (Å²) in [6.45, 7) is 0. The van der Waals surface area contributed by atoms with E-state index in [1.807, 2.05) is 29.6 Å². The molecule has 0 saturated carbocycles. The standard InChI is InChI=1S/C23H21ClN4OS2/c24-16-9-6-5-8-14(16)18-12-30-23(27-18)28-21(29)20-19(25)15-11-13-7-3-1-2-4-10-17(13)26-22(15)31-20/h5-6,8-9,11-12H,1-4,7,10,25H2,(H,27,28,29). The Bertz CT molecular complexity index is 1280. The number of benzene rings is 1. The topological polar surface area (TPSA) is 80.9 Å². The van der Waals surface area contributed by atoms with Gasteiger partial charge in [-0.15, -0.1) is 22.7 Å². The summed E-state index contributed by atoms with van der Waals surface area (Å²) in [5.74, 6) is -0.257. The van der Waals surface area contributed by atoms with E-state index in [0.717, 1.165) is 46.4 Å². The van der Waals surface area contributed by atoms with Gasteiger partial charge >= 0.3 is 0 Å². The maximum atomic E-state index is 13.0. The number of anilines is 2. The Hall–Kier alpha value is -2.48. The molecule has 0 aliphatic heterocycles. The average Bonchev–Trinajstić information content (AvgIpc) is 3.33. The summed E-state index contributed by atoms with van der Waals surface area (Å²) >= 11 is 8.97. The molecule has 8 heteroatoms. The highest BCUT2D eigenvalue weighted by Crippen LogP contribution is 2.36. The van der Waals surface area contributed by atoms with Crippen molar-refractivity contribution in [3.63, 3.8) is 0 Å². The molecule has 3 N–H and O–H groups in total. The number of halogens is 1. The van der Waals surface area contributed by atoms with Gasteiger partial charge in [0.25, 0.3) is 5.91 Å². The van der Waals surface area contributed by atoms with E-state index in [4.69, 9.17) is 22.3 Å². The summed E-state index contributed by atoms with van der Waals surface area (Å²) in [6.07, 6.45) is 6.87. The van der Waals surface area contributed by atoms with E-state index in [9.17, 15) is 4.79 Å². The van der Waals surface area contributed by atoms with E-state index in [0.29, 0.717) is 20.7 Å². The number of pyridine rings is 1. The minimum atomic E-state index is -0.257. The predicted molar refractivity (Wildman–Crippen MR) is 130 cm³/mol. The summed E-state index contributed by atoms with van der Waals surface area (Å²) in [4.78, 5) is 23.7. The van der Waals surface area contributed by atoms with Crippen LogP contribution in [0.3, 0.4) is 0 Å². The number of thiazole rings is 1. The van der Waals surface area contributed by atoms with E-state index < -0.39 is 0 Å². The lowest BCUT2D eigenvalue weighted by Gasteiger charge is -2.12. The summed E-state index contributed by atoms with van der Waals surface area (Å²) in [7, 11) is 0. The van der Waals surface area contributed by atoms with Crippen LogP contribution in [0.25, 0.3) is 21.5 Å². The van der Waals surface area contributed by atoms with Crippen LogP contribution >= 0.6 is 34.3 Å². The molecule has 1 aliphatic rings. The number of nitrogen functional groups attached to an aromatic ring is 1. The molecule has 1 aromatic carbocycles. The fraction of sp³-hybridized carbons (Fsp3) is 0.261. The Morgan fingerprint density at radius 1 is 1.10 bits per heavy atom. The summed E-state index contributed by atoms with van der Waals surface area (Å²) in [6, 6.07) is 9.66. The van der Waals surface area contributed by atoms with Crippen LogP contribution in [0.1, 0.15) is 46.6 Å². The fourth-order valence-electron chi connectivity index (χ4n) is 3.96. The average molecular weight is 469 g/mol. The largest absolute Gasteiger partial charge is 0.397 e. The lowest BCUT2D eigenvalue weighted by Crippen LogP contribution is -2.11. The molecule has 3 heterocycles. The number of fused-ring (bicyclic) bond motifs is 2. The molecule has 1 amide bonds. The van der Waals surface area contributed by atoms with Crippen molar-refractivity contribution in [1.82, 2.24) is 9.97 Å². The van der Waals surface area contributed by atoms with Crippen LogP contribution in [0.2, 0.25) is 5.02 Å². The van der Waals surface area contributed by atoms with Gasteiger partial charge in [0.05, 0.1) is 11.4 Å². The molecular formula is C23H21ClN4OS2. The molecular weight excluding hydrogens is 448 g/mol. The van der Waals surface area contributed by atoms with Gasteiger partial charge in [0.15, 0.2) is 5.13 Å². The number of amides is 1. The highest BCUT2D eigenvalue weighted by molar-refractivity contribution is 7.21. The second-order valence-corrected chi connectivity index (χ2v) is 9.94. The maximum absolute atomic E-state index is 13.0. The fourth-order valence-corrected chi connectivity index (χ4v) is 5.89.